The topological polar surface area (TPSA) is 73.2 Å². The summed E-state index contributed by atoms with van der Waals surface area (Å²) >= 11 is 10.8. The van der Waals surface area contributed by atoms with E-state index in [2.05, 4.69) is 21.2 Å². The summed E-state index contributed by atoms with van der Waals surface area (Å²) in [5, 5.41) is 13.0. The van der Waals surface area contributed by atoms with Gasteiger partial charge >= 0.3 is 0 Å². The lowest BCUT2D eigenvalue weighted by Gasteiger charge is -2.18. The van der Waals surface area contributed by atoms with Crippen molar-refractivity contribution in [2.24, 2.45) is 0 Å². The standard InChI is InChI=1S/C26H19BrClN3O2S/c1-16-7-12-19(14-22(16)28)30-24(32)21(15-29)26-31(20-5-3-2-4-6-20)25(33)23(34-26)13-17-8-10-18(27)11-9-17/h2-12,14,23H,13H2,1H3,(H,30,32)/b26-21-/t23-/m0/s1. The second-order valence-electron chi connectivity index (χ2n) is 7.66. The first-order chi connectivity index (χ1) is 16.4. The van der Waals surface area contributed by atoms with Crippen molar-refractivity contribution in [1.82, 2.24) is 0 Å². The smallest absolute Gasteiger partial charge is 0.269 e. The number of anilines is 2. The van der Waals surface area contributed by atoms with Crippen molar-refractivity contribution >= 4 is 62.5 Å². The number of halogens is 2. The number of benzene rings is 3. The van der Waals surface area contributed by atoms with Crippen molar-refractivity contribution < 1.29 is 9.59 Å². The van der Waals surface area contributed by atoms with Crippen molar-refractivity contribution in [1.29, 1.82) is 5.26 Å². The number of nitrogens with one attached hydrogen (secondary N) is 1. The first kappa shape index (κ1) is 24.1. The molecule has 34 heavy (non-hydrogen) atoms. The van der Waals surface area contributed by atoms with E-state index in [1.807, 2.05) is 55.5 Å². The maximum atomic E-state index is 13.5. The number of carbonyl (C=O) groups is 2. The zero-order valence-corrected chi connectivity index (χ0v) is 21.2. The van der Waals surface area contributed by atoms with Crippen LogP contribution in [0, 0.1) is 18.3 Å². The van der Waals surface area contributed by atoms with Crippen LogP contribution in [0.5, 0.6) is 0 Å². The minimum atomic E-state index is -0.594. The van der Waals surface area contributed by atoms with E-state index in [9.17, 15) is 14.9 Å². The molecule has 170 valence electrons. The number of carbonyl (C=O) groups excluding carboxylic acids is 2. The second-order valence-corrected chi connectivity index (χ2v) is 10.2. The van der Waals surface area contributed by atoms with Crippen LogP contribution in [-0.4, -0.2) is 17.1 Å². The molecule has 0 saturated carbocycles. The maximum Gasteiger partial charge on any atom is 0.269 e. The summed E-state index contributed by atoms with van der Waals surface area (Å²) in [7, 11) is 0. The SMILES string of the molecule is Cc1ccc(NC(=O)/C(C#N)=C2\S[C@@H](Cc3ccc(Br)cc3)C(=O)N2c2ccccc2)cc1Cl. The zero-order chi connectivity index (χ0) is 24.2. The van der Waals surface area contributed by atoms with Crippen LogP contribution in [0.4, 0.5) is 11.4 Å². The Morgan fingerprint density at radius 1 is 1.15 bits per heavy atom. The van der Waals surface area contributed by atoms with Crippen LogP contribution in [-0.2, 0) is 16.0 Å². The third-order valence-electron chi connectivity index (χ3n) is 5.28. The molecule has 0 aromatic heterocycles. The lowest BCUT2D eigenvalue weighted by atomic mass is 10.1. The Morgan fingerprint density at radius 3 is 2.50 bits per heavy atom. The summed E-state index contributed by atoms with van der Waals surface area (Å²) in [4.78, 5) is 28.1. The van der Waals surface area contributed by atoms with Gasteiger partial charge < -0.3 is 5.32 Å². The Bertz CT molecular complexity index is 1320. The lowest BCUT2D eigenvalue weighted by Crippen LogP contribution is -2.30. The van der Waals surface area contributed by atoms with Crippen LogP contribution in [0.25, 0.3) is 0 Å². The second kappa shape index (κ2) is 10.5. The van der Waals surface area contributed by atoms with Gasteiger partial charge in [-0.2, -0.15) is 5.26 Å². The number of para-hydroxylation sites is 1. The Balaban J connectivity index is 1.70. The van der Waals surface area contributed by atoms with Crippen LogP contribution >= 0.6 is 39.3 Å². The van der Waals surface area contributed by atoms with Gasteiger partial charge in [-0.3, -0.25) is 14.5 Å². The average molecular weight is 553 g/mol. The summed E-state index contributed by atoms with van der Waals surface area (Å²) in [6.45, 7) is 1.86. The number of hydrogen-bond donors (Lipinski definition) is 1. The molecule has 5 nitrogen and oxygen atoms in total. The summed E-state index contributed by atoms with van der Waals surface area (Å²) < 4.78 is 0.952. The van der Waals surface area contributed by atoms with E-state index in [1.165, 1.54) is 16.7 Å². The number of amides is 2. The van der Waals surface area contributed by atoms with E-state index in [0.717, 1.165) is 15.6 Å². The fourth-order valence-corrected chi connectivity index (χ4v) is 5.25. The van der Waals surface area contributed by atoms with Gasteiger partial charge in [0.15, 0.2) is 0 Å². The number of thioether (sulfide) groups is 1. The molecule has 0 bridgehead atoms. The van der Waals surface area contributed by atoms with E-state index in [4.69, 9.17) is 11.6 Å². The fraction of sp³-hybridized carbons (Fsp3) is 0.115. The quantitative estimate of drug-likeness (QED) is 0.291. The predicted octanol–water partition coefficient (Wildman–Crippen LogP) is 6.48. The molecular formula is C26H19BrClN3O2S. The third-order valence-corrected chi connectivity index (χ3v) is 7.48. The molecule has 1 heterocycles. The molecule has 4 rings (SSSR count). The van der Waals surface area contributed by atoms with Gasteiger partial charge in [-0.1, -0.05) is 75.7 Å². The molecule has 1 atom stereocenters. The van der Waals surface area contributed by atoms with Gasteiger partial charge in [0.2, 0.25) is 5.91 Å². The van der Waals surface area contributed by atoms with Gasteiger partial charge in [0.05, 0.1) is 5.25 Å². The third kappa shape index (κ3) is 5.20. The molecule has 2 amide bonds. The monoisotopic (exact) mass is 551 g/mol. The number of nitrogens with zero attached hydrogens (tertiary/aromatic N) is 2. The highest BCUT2D eigenvalue weighted by atomic mass is 79.9. The molecule has 1 fully saturated rings. The van der Waals surface area contributed by atoms with Gasteiger partial charge in [0, 0.05) is 20.9 Å². The highest BCUT2D eigenvalue weighted by Gasteiger charge is 2.40. The molecule has 0 radical (unpaired) electrons. The summed E-state index contributed by atoms with van der Waals surface area (Å²) in [6, 6.07) is 23.9. The van der Waals surface area contributed by atoms with Gasteiger partial charge in [-0.05, 0) is 60.9 Å². The van der Waals surface area contributed by atoms with E-state index in [-0.39, 0.29) is 11.5 Å². The van der Waals surface area contributed by atoms with Crippen LogP contribution in [0.2, 0.25) is 5.02 Å². The molecule has 1 N–H and O–H groups in total. The number of rotatable bonds is 5. The number of aryl methyl sites for hydroxylation is 1. The molecule has 0 unspecified atom stereocenters. The lowest BCUT2D eigenvalue weighted by molar-refractivity contribution is -0.117. The zero-order valence-electron chi connectivity index (χ0n) is 18.1. The van der Waals surface area contributed by atoms with Gasteiger partial charge in [0.1, 0.15) is 16.7 Å². The molecule has 1 aliphatic heterocycles. The number of nitriles is 1. The van der Waals surface area contributed by atoms with Crippen LogP contribution in [0.3, 0.4) is 0 Å². The minimum Gasteiger partial charge on any atom is -0.321 e. The maximum absolute atomic E-state index is 13.5. The molecule has 0 aliphatic carbocycles. The van der Waals surface area contributed by atoms with Gasteiger partial charge in [-0.15, -0.1) is 0 Å². The Morgan fingerprint density at radius 2 is 1.85 bits per heavy atom. The Kier molecular flexibility index (Phi) is 7.42. The summed E-state index contributed by atoms with van der Waals surface area (Å²) in [6.07, 6.45) is 0.470. The molecule has 0 spiro atoms. The van der Waals surface area contributed by atoms with Crippen molar-refractivity contribution in [3.63, 3.8) is 0 Å². The van der Waals surface area contributed by atoms with Crippen molar-refractivity contribution in [2.75, 3.05) is 10.2 Å². The highest BCUT2D eigenvalue weighted by molar-refractivity contribution is 9.10. The van der Waals surface area contributed by atoms with E-state index in [0.29, 0.717) is 27.8 Å². The summed E-state index contributed by atoms with van der Waals surface area (Å²) in [5.74, 6) is -0.768. The Labute approximate surface area is 215 Å². The first-order valence-electron chi connectivity index (χ1n) is 10.4. The van der Waals surface area contributed by atoms with E-state index >= 15 is 0 Å². The largest absolute Gasteiger partial charge is 0.321 e. The van der Waals surface area contributed by atoms with E-state index in [1.54, 1.807) is 30.3 Å². The van der Waals surface area contributed by atoms with Crippen LogP contribution in [0.1, 0.15) is 11.1 Å². The normalized spacial score (nSPS) is 16.8. The van der Waals surface area contributed by atoms with Gasteiger partial charge in [0.25, 0.3) is 5.91 Å². The molecule has 8 heteroatoms. The first-order valence-corrected chi connectivity index (χ1v) is 12.4. The molecular weight excluding hydrogens is 534 g/mol. The fourth-order valence-electron chi connectivity index (χ4n) is 3.50. The molecule has 3 aromatic carbocycles. The van der Waals surface area contributed by atoms with Crippen molar-refractivity contribution in [3.05, 3.63) is 104 Å². The molecule has 1 saturated heterocycles. The summed E-state index contributed by atoms with van der Waals surface area (Å²) in [5.41, 5.74) is 2.81. The minimum absolute atomic E-state index is 0.128. The van der Waals surface area contributed by atoms with Crippen LogP contribution < -0.4 is 10.2 Å². The van der Waals surface area contributed by atoms with E-state index < -0.39 is 11.2 Å². The van der Waals surface area contributed by atoms with Crippen molar-refractivity contribution in [3.8, 4) is 6.07 Å². The van der Waals surface area contributed by atoms with Gasteiger partial charge in [-0.25, -0.2) is 0 Å². The molecule has 3 aromatic rings. The predicted molar refractivity (Wildman–Crippen MR) is 141 cm³/mol. The average Bonchev–Trinajstić information content (AvgIpc) is 3.14. The number of hydrogen-bond acceptors (Lipinski definition) is 4. The Hall–Kier alpha value is -3.05. The molecule has 1 aliphatic rings. The highest BCUT2D eigenvalue weighted by Crippen LogP contribution is 2.42. The van der Waals surface area contributed by atoms with Crippen LogP contribution in [0.15, 0.2) is 87.9 Å². The van der Waals surface area contributed by atoms with Crippen molar-refractivity contribution in [2.45, 2.75) is 18.6 Å².